The van der Waals surface area contributed by atoms with Gasteiger partial charge in [0.25, 0.3) is 0 Å². The van der Waals surface area contributed by atoms with Crippen LogP contribution in [0.15, 0.2) is 29.2 Å². The molecule has 0 aromatic heterocycles. The summed E-state index contributed by atoms with van der Waals surface area (Å²) in [5.41, 5.74) is 6.71. The van der Waals surface area contributed by atoms with Crippen LogP contribution < -0.4 is 10.6 Å². The van der Waals surface area contributed by atoms with Gasteiger partial charge in [0.2, 0.25) is 0 Å². The Morgan fingerprint density at radius 2 is 2.00 bits per heavy atom. The van der Waals surface area contributed by atoms with E-state index in [1.54, 1.807) is 19.1 Å². The minimum absolute atomic E-state index is 0.148. The summed E-state index contributed by atoms with van der Waals surface area (Å²) < 4.78 is 23.6. The molecule has 1 aliphatic rings. The molecule has 4 nitrogen and oxygen atoms in total. The lowest BCUT2D eigenvalue weighted by atomic mass is 10.1. The summed E-state index contributed by atoms with van der Waals surface area (Å²) in [5, 5.41) is 0. The van der Waals surface area contributed by atoms with E-state index >= 15 is 0 Å². The minimum Gasteiger partial charge on any atom is -0.369 e. The maximum Gasteiger partial charge on any atom is 0.178 e. The Bertz CT molecular complexity index is 525. The largest absolute Gasteiger partial charge is 0.369 e. The molecular formula is C15H24N2O2S. The van der Waals surface area contributed by atoms with Crippen molar-refractivity contribution in [3.63, 3.8) is 0 Å². The Kier molecular flexibility index (Phi) is 5.05. The maximum absolute atomic E-state index is 11.8. The second-order valence-electron chi connectivity index (χ2n) is 5.32. The van der Waals surface area contributed by atoms with Crippen molar-refractivity contribution in [1.29, 1.82) is 0 Å². The van der Waals surface area contributed by atoms with Crippen LogP contribution in [-0.2, 0) is 9.84 Å². The van der Waals surface area contributed by atoms with Gasteiger partial charge in [0.1, 0.15) is 0 Å². The summed E-state index contributed by atoms with van der Waals surface area (Å²) >= 11 is 0. The zero-order valence-electron chi connectivity index (χ0n) is 12.1. The zero-order chi connectivity index (χ0) is 14.6. The molecule has 0 bridgehead atoms. The highest BCUT2D eigenvalue weighted by molar-refractivity contribution is 7.91. The minimum atomic E-state index is -3.10. The number of rotatable bonds is 6. The first-order valence-electron chi connectivity index (χ1n) is 7.38. The third-order valence-electron chi connectivity index (χ3n) is 4.03. The Balaban J connectivity index is 2.13. The van der Waals surface area contributed by atoms with E-state index in [1.807, 2.05) is 12.1 Å². The molecule has 0 aliphatic carbocycles. The fourth-order valence-corrected chi connectivity index (χ4v) is 3.72. The van der Waals surface area contributed by atoms with Gasteiger partial charge in [-0.05, 0) is 56.5 Å². The van der Waals surface area contributed by atoms with Crippen LogP contribution in [0.5, 0.6) is 0 Å². The highest BCUT2D eigenvalue weighted by Gasteiger charge is 2.24. The highest BCUT2D eigenvalue weighted by atomic mass is 32.2. The van der Waals surface area contributed by atoms with E-state index < -0.39 is 9.84 Å². The molecule has 1 unspecified atom stereocenters. The first kappa shape index (κ1) is 15.3. The van der Waals surface area contributed by atoms with Gasteiger partial charge in [0.05, 0.1) is 10.6 Å². The van der Waals surface area contributed by atoms with Crippen molar-refractivity contribution in [3.8, 4) is 0 Å². The predicted molar refractivity (Wildman–Crippen MR) is 82.8 cm³/mol. The molecule has 1 aromatic rings. The van der Waals surface area contributed by atoms with Crippen molar-refractivity contribution >= 4 is 15.5 Å². The Morgan fingerprint density at radius 1 is 1.30 bits per heavy atom. The van der Waals surface area contributed by atoms with Gasteiger partial charge in [-0.2, -0.15) is 0 Å². The molecule has 20 heavy (non-hydrogen) atoms. The van der Waals surface area contributed by atoms with E-state index in [0.717, 1.165) is 31.6 Å². The normalized spacial score (nSPS) is 19.5. The van der Waals surface area contributed by atoms with Crippen molar-refractivity contribution in [1.82, 2.24) is 0 Å². The molecule has 0 spiro atoms. The summed E-state index contributed by atoms with van der Waals surface area (Å²) in [6.45, 7) is 3.46. The number of nitrogens with zero attached hydrogens (tertiary/aromatic N) is 1. The maximum atomic E-state index is 11.8. The average molecular weight is 296 g/mol. The fourth-order valence-electron chi connectivity index (χ4n) is 2.84. The quantitative estimate of drug-likeness (QED) is 0.874. The van der Waals surface area contributed by atoms with E-state index in [1.165, 1.54) is 12.8 Å². The van der Waals surface area contributed by atoms with E-state index in [0.29, 0.717) is 10.9 Å². The molecule has 1 aromatic carbocycles. The lowest BCUT2D eigenvalue weighted by Crippen LogP contribution is -2.29. The molecule has 112 valence electrons. The van der Waals surface area contributed by atoms with Crippen molar-refractivity contribution in [3.05, 3.63) is 24.3 Å². The molecule has 5 heteroatoms. The Labute approximate surface area is 121 Å². The lowest BCUT2D eigenvalue weighted by Gasteiger charge is -2.27. The van der Waals surface area contributed by atoms with Gasteiger partial charge in [-0.25, -0.2) is 8.42 Å². The van der Waals surface area contributed by atoms with E-state index in [4.69, 9.17) is 5.73 Å². The Morgan fingerprint density at radius 3 is 2.60 bits per heavy atom. The smallest absolute Gasteiger partial charge is 0.178 e. The molecule has 0 radical (unpaired) electrons. The summed E-state index contributed by atoms with van der Waals surface area (Å²) in [6, 6.07) is 7.87. The summed E-state index contributed by atoms with van der Waals surface area (Å²) in [6.07, 6.45) is 4.56. The van der Waals surface area contributed by atoms with Crippen LogP contribution in [0.2, 0.25) is 0 Å². The van der Waals surface area contributed by atoms with Gasteiger partial charge >= 0.3 is 0 Å². The fraction of sp³-hybridized carbons (Fsp3) is 0.600. The molecule has 1 aliphatic heterocycles. The summed E-state index contributed by atoms with van der Waals surface area (Å²) in [7, 11) is -3.10. The van der Waals surface area contributed by atoms with Crippen molar-refractivity contribution < 1.29 is 8.42 Å². The topological polar surface area (TPSA) is 63.4 Å². The third kappa shape index (κ3) is 3.33. The molecule has 0 saturated carbocycles. The summed E-state index contributed by atoms with van der Waals surface area (Å²) in [5.74, 6) is 0.148. The van der Waals surface area contributed by atoms with Gasteiger partial charge in [-0.3, -0.25) is 0 Å². The molecule has 1 atom stereocenters. The molecule has 1 saturated heterocycles. The van der Waals surface area contributed by atoms with E-state index in [-0.39, 0.29) is 5.75 Å². The van der Waals surface area contributed by atoms with Gasteiger partial charge in [-0.1, -0.05) is 6.92 Å². The summed E-state index contributed by atoms with van der Waals surface area (Å²) in [4.78, 5) is 2.80. The molecule has 1 heterocycles. The van der Waals surface area contributed by atoms with Crippen LogP contribution in [0.4, 0.5) is 5.69 Å². The second-order valence-corrected chi connectivity index (χ2v) is 7.60. The van der Waals surface area contributed by atoms with E-state index in [2.05, 4.69) is 4.90 Å². The zero-order valence-corrected chi connectivity index (χ0v) is 12.9. The molecular weight excluding hydrogens is 272 g/mol. The van der Waals surface area contributed by atoms with Crippen molar-refractivity contribution in [2.24, 2.45) is 5.73 Å². The van der Waals surface area contributed by atoms with Gasteiger partial charge < -0.3 is 10.6 Å². The first-order valence-corrected chi connectivity index (χ1v) is 9.03. The number of hydrogen-bond donors (Lipinski definition) is 1. The number of sulfone groups is 1. The van der Waals surface area contributed by atoms with Crippen molar-refractivity contribution in [2.75, 3.05) is 23.7 Å². The number of anilines is 1. The molecule has 1 fully saturated rings. The van der Waals surface area contributed by atoms with Crippen LogP contribution in [0.3, 0.4) is 0 Å². The van der Waals surface area contributed by atoms with Gasteiger partial charge in [-0.15, -0.1) is 0 Å². The predicted octanol–water partition coefficient (Wildman–Crippen LogP) is 2.19. The van der Waals surface area contributed by atoms with Crippen LogP contribution in [0, 0.1) is 0 Å². The standard InChI is InChI=1S/C15H24N2O2S/c1-2-20(18,19)15-9-7-14(8-10-15)17-12-4-6-13(17)5-3-11-16/h7-10,13H,2-6,11-12,16H2,1H3. The van der Waals surface area contributed by atoms with Crippen LogP contribution in [0.1, 0.15) is 32.6 Å². The number of nitrogens with two attached hydrogens (primary N) is 1. The number of hydrogen-bond acceptors (Lipinski definition) is 4. The van der Waals surface area contributed by atoms with E-state index in [9.17, 15) is 8.42 Å². The van der Waals surface area contributed by atoms with Crippen molar-refractivity contribution in [2.45, 2.75) is 43.5 Å². The van der Waals surface area contributed by atoms with Gasteiger partial charge in [0, 0.05) is 18.3 Å². The van der Waals surface area contributed by atoms with Crippen LogP contribution in [-0.4, -0.2) is 33.3 Å². The monoisotopic (exact) mass is 296 g/mol. The SMILES string of the molecule is CCS(=O)(=O)c1ccc(N2CCCC2CCCN)cc1. The van der Waals surface area contributed by atoms with Crippen LogP contribution in [0.25, 0.3) is 0 Å². The first-order chi connectivity index (χ1) is 9.58. The average Bonchev–Trinajstić information content (AvgIpc) is 2.93. The second kappa shape index (κ2) is 6.59. The van der Waals surface area contributed by atoms with Gasteiger partial charge in [0.15, 0.2) is 9.84 Å². The highest BCUT2D eigenvalue weighted by Crippen LogP contribution is 2.28. The molecule has 2 N–H and O–H groups in total. The Hall–Kier alpha value is -1.07. The molecule has 2 rings (SSSR count). The number of benzene rings is 1. The lowest BCUT2D eigenvalue weighted by molar-refractivity contribution is 0.585. The third-order valence-corrected chi connectivity index (χ3v) is 5.78. The van der Waals surface area contributed by atoms with Crippen LogP contribution >= 0.6 is 0 Å². The molecule has 0 amide bonds.